The highest BCUT2D eigenvalue weighted by Gasteiger charge is 2.33. The zero-order chi connectivity index (χ0) is 15.2. The molecule has 1 aromatic carbocycles. The Bertz CT molecular complexity index is 499. The monoisotopic (exact) mass is 290 g/mol. The van der Waals surface area contributed by atoms with Crippen molar-refractivity contribution in [2.75, 3.05) is 20.2 Å². The van der Waals surface area contributed by atoms with Crippen LogP contribution in [0, 0.1) is 0 Å². The lowest BCUT2D eigenvalue weighted by atomic mass is 10.0. The average Bonchev–Trinajstić information content (AvgIpc) is 2.52. The summed E-state index contributed by atoms with van der Waals surface area (Å²) in [5.41, 5.74) is 0.817. The summed E-state index contributed by atoms with van der Waals surface area (Å²) in [5.74, 6) is 0.669. The Morgan fingerprint density at radius 1 is 1.38 bits per heavy atom. The molecule has 1 fully saturated rings. The van der Waals surface area contributed by atoms with Crippen LogP contribution in [0.1, 0.15) is 37.8 Å². The first-order valence-corrected chi connectivity index (χ1v) is 7.38. The Hall–Kier alpha value is -2.04. The first-order valence-electron chi connectivity index (χ1n) is 7.38. The largest absolute Gasteiger partial charge is 0.497 e. The summed E-state index contributed by atoms with van der Waals surface area (Å²) < 4.78 is 5.13. The number of methoxy groups -OCH3 is 1. The van der Waals surface area contributed by atoms with Gasteiger partial charge in [0.2, 0.25) is 11.8 Å². The smallest absolute Gasteiger partial charge is 0.247 e. The van der Waals surface area contributed by atoms with E-state index in [2.05, 4.69) is 12.2 Å². The molecule has 114 valence electrons. The zero-order valence-corrected chi connectivity index (χ0v) is 12.6. The molecule has 5 heteroatoms. The Morgan fingerprint density at radius 2 is 2.10 bits per heavy atom. The summed E-state index contributed by atoms with van der Waals surface area (Å²) in [6.45, 7) is 3.13. The van der Waals surface area contributed by atoms with E-state index in [0.717, 1.165) is 24.2 Å². The molecule has 1 aromatic rings. The Labute approximate surface area is 125 Å². The second-order valence-electron chi connectivity index (χ2n) is 5.16. The SMILES string of the molecule is CCCCC(=O)N1CCNC(=O)C1c1ccc(OC)cc1. The molecule has 0 spiro atoms. The molecule has 1 saturated heterocycles. The van der Waals surface area contributed by atoms with Crippen molar-refractivity contribution in [3.63, 3.8) is 0 Å². The molecule has 5 nitrogen and oxygen atoms in total. The van der Waals surface area contributed by atoms with Crippen molar-refractivity contribution < 1.29 is 14.3 Å². The van der Waals surface area contributed by atoms with Gasteiger partial charge >= 0.3 is 0 Å². The number of carbonyl (C=O) groups is 2. The van der Waals surface area contributed by atoms with Gasteiger partial charge in [0, 0.05) is 19.5 Å². The molecule has 1 N–H and O–H groups in total. The van der Waals surface area contributed by atoms with Crippen molar-refractivity contribution in [2.45, 2.75) is 32.2 Å². The number of rotatable bonds is 5. The number of piperazine rings is 1. The average molecular weight is 290 g/mol. The van der Waals surface area contributed by atoms with Gasteiger partial charge in [-0.05, 0) is 24.1 Å². The van der Waals surface area contributed by atoms with Crippen molar-refractivity contribution >= 4 is 11.8 Å². The van der Waals surface area contributed by atoms with Crippen molar-refractivity contribution in [1.82, 2.24) is 10.2 Å². The number of nitrogens with zero attached hydrogens (tertiary/aromatic N) is 1. The molecule has 1 aliphatic heterocycles. The third-order valence-electron chi connectivity index (χ3n) is 3.71. The van der Waals surface area contributed by atoms with E-state index in [1.54, 1.807) is 12.0 Å². The van der Waals surface area contributed by atoms with Gasteiger partial charge < -0.3 is 15.0 Å². The van der Waals surface area contributed by atoms with Crippen LogP contribution in [0.4, 0.5) is 0 Å². The number of nitrogens with one attached hydrogen (secondary N) is 1. The van der Waals surface area contributed by atoms with Crippen LogP contribution in [0.2, 0.25) is 0 Å². The molecule has 2 amide bonds. The molecule has 21 heavy (non-hydrogen) atoms. The lowest BCUT2D eigenvalue weighted by Gasteiger charge is -2.35. The van der Waals surface area contributed by atoms with Crippen LogP contribution >= 0.6 is 0 Å². The number of carbonyl (C=O) groups excluding carboxylic acids is 2. The van der Waals surface area contributed by atoms with Crippen molar-refractivity contribution in [3.05, 3.63) is 29.8 Å². The van der Waals surface area contributed by atoms with E-state index in [0.29, 0.717) is 19.5 Å². The summed E-state index contributed by atoms with van der Waals surface area (Å²) in [7, 11) is 1.60. The van der Waals surface area contributed by atoms with Crippen LogP contribution in [-0.4, -0.2) is 36.9 Å². The molecular weight excluding hydrogens is 268 g/mol. The molecule has 1 heterocycles. The van der Waals surface area contributed by atoms with Gasteiger partial charge in [0.25, 0.3) is 0 Å². The quantitative estimate of drug-likeness (QED) is 0.901. The second kappa shape index (κ2) is 7.11. The van der Waals surface area contributed by atoms with Crippen molar-refractivity contribution in [2.24, 2.45) is 0 Å². The van der Waals surface area contributed by atoms with Gasteiger partial charge in [-0.15, -0.1) is 0 Å². The molecule has 0 radical (unpaired) electrons. The third-order valence-corrected chi connectivity index (χ3v) is 3.71. The van der Waals surface area contributed by atoms with Crippen molar-refractivity contribution in [1.29, 1.82) is 0 Å². The summed E-state index contributed by atoms with van der Waals surface area (Å²) in [6, 6.07) is 6.77. The molecule has 0 saturated carbocycles. The number of hydrogen-bond donors (Lipinski definition) is 1. The lowest BCUT2D eigenvalue weighted by molar-refractivity contribution is -0.143. The minimum atomic E-state index is -0.533. The maximum absolute atomic E-state index is 12.3. The Morgan fingerprint density at radius 3 is 2.71 bits per heavy atom. The van der Waals surface area contributed by atoms with E-state index in [4.69, 9.17) is 4.74 Å². The highest BCUT2D eigenvalue weighted by atomic mass is 16.5. The van der Waals surface area contributed by atoms with Crippen LogP contribution in [0.3, 0.4) is 0 Å². The molecule has 1 unspecified atom stereocenters. The zero-order valence-electron chi connectivity index (χ0n) is 12.6. The Balaban J connectivity index is 2.21. The topological polar surface area (TPSA) is 58.6 Å². The van der Waals surface area contributed by atoms with Crippen LogP contribution in [0.15, 0.2) is 24.3 Å². The van der Waals surface area contributed by atoms with E-state index in [1.807, 2.05) is 24.3 Å². The lowest BCUT2D eigenvalue weighted by Crippen LogP contribution is -2.52. The summed E-state index contributed by atoms with van der Waals surface area (Å²) in [5, 5.41) is 2.84. The maximum Gasteiger partial charge on any atom is 0.247 e. The summed E-state index contributed by atoms with van der Waals surface area (Å²) in [4.78, 5) is 26.2. The predicted octanol–water partition coefficient (Wildman–Crippen LogP) is 1.88. The van der Waals surface area contributed by atoms with E-state index in [1.165, 1.54) is 0 Å². The van der Waals surface area contributed by atoms with Crippen LogP contribution < -0.4 is 10.1 Å². The van der Waals surface area contributed by atoms with E-state index >= 15 is 0 Å². The number of unbranched alkanes of at least 4 members (excludes halogenated alkanes) is 1. The minimum absolute atomic E-state index is 0.0486. The second-order valence-corrected chi connectivity index (χ2v) is 5.16. The molecule has 0 aromatic heterocycles. The highest BCUT2D eigenvalue weighted by Crippen LogP contribution is 2.26. The van der Waals surface area contributed by atoms with Gasteiger partial charge in [0.15, 0.2) is 0 Å². The van der Waals surface area contributed by atoms with Gasteiger partial charge in [0.1, 0.15) is 11.8 Å². The van der Waals surface area contributed by atoms with Crippen LogP contribution in [-0.2, 0) is 9.59 Å². The standard InChI is InChI=1S/C16H22N2O3/c1-3-4-5-14(19)18-11-10-17-16(20)15(18)12-6-8-13(21-2)9-7-12/h6-9,15H,3-5,10-11H2,1-2H3,(H,17,20). The fourth-order valence-electron chi connectivity index (χ4n) is 2.52. The minimum Gasteiger partial charge on any atom is -0.497 e. The van der Waals surface area contributed by atoms with Gasteiger partial charge in [-0.1, -0.05) is 25.5 Å². The van der Waals surface area contributed by atoms with Crippen molar-refractivity contribution in [3.8, 4) is 5.75 Å². The summed E-state index contributed by atoms with van der Waals surface area (Å²) in [6.07, 6.45) is 2.32. The van der Waals surface area contributed by atoms with E-state index in [9.17, 15) is 9.59 Å². The van der Waals surface area contributed by atoms with Gasteiger partial charge in [-0.2, -0.15) is 0 Å². The van der Waals surface area contributed by atoms with Gasteiger partial charge in [-0.3, -0.25) is 9.59 Å². The number of amides is 2. The third kappa shape index (κ3) is 3.54. The van der Waals surface area contributed by atoms with Crippen LogP contribution in [0.25, 0.3) is 0 Å². The molecule has 0 aliphatic carbocycles. The fraction of sp³-hybridized carbons (Fsp3) is 0.500. The number of hydrogen-bond acceptors (Lipinski definition) is 3. The van der Waals surface area contributed by atoms with E-state index < -0.39 is 6.04 Å². The number of ether oxygens (including phenoxy) is 1. The Kier molecular flexibility index (Phi) is 5.20. The van der Waals surface area contributed by atoms with Crippen LogP contribution in [0.5, 0.6) is 5.75 Å². The normalized spacial score (nSPS) is 18.3. The fourth-order valence-corrected chi connectivity index (χ4v) is 2.52. The molecule has 2 rings (SSSR count). The van der Waals surface area contributed by atoms with E-state index in [-0.39, 0.29) is 11.8 Å². The summed E-state index contributed by atoms with van der Waals surface area (Å²) >= 11 is 0. The number of benzene rings is 1. The van der Waals surface area contributed by atoms with Gasteiger partial charge in [0.05, 0.1) is 7.11 Å². The first-order chi connectivity index (χ1) is 10.2. The van der Waals surface area contributed by atoms with Gasteiger partial charge in [-0.25, -0.2) is 0 Å². The maximum atomic E-state index is 12.3. The molecule has 0 bridgehead atoms. The predicted molar refractivity (Wildman–Crippen MR) is 80.0 cm³/mol. The molecule has 1 atom stereocenters. The highest BCUT2D eigenvalue weighted by molar-refractivity contribution is 5.89. The first kappa shape index (κ1) is 15.4. The molecule has 1 aliphatic rings. The molecular formula is C16H22N2O3.